The Labute approximate surface area is 101 Å². The molecule has 4 heteroatoms. The zero-order valence-electron chi connectivity index (χ0n) is 7.47. The van der Waals surface area contributed by atoms with Gasteiger partial charge < -0.3 is 0 Å². The van der Waals surface area contributed by atoms with Crippen molar-refractivity contribution in [1.29, 1.82) is 5.26 Å². The van der Waals surface area contributed by atoms with E-state index < -0.39 is 0 Å². The Morgan fingerprint density at radius 2 is 2.29 bits per heavy atom. The summed E-state index contributed by atoms with van der Waals surface area (Å²) in [6.45, 7) is 1.81. The molecular formula is C10H7ClINO. The van der Waals surface area contributed by atoms with Gasteiger partial charge in [0.05, 0.1) is 17.5 Å². The highest BCUT2D eigenvalue weighted by atomic mass is 127. The van der Waals surface area contributed by atoms with Gasteiger partial charge in [-0.15, -0.1) is 11.6 Å². The average Bonchev–Trinajstić information content (AvgIpc) is 2.15. The number of rotatable bonds is 2. The zero-order valence-corrected chi connectivity index (χ0v) is 10.4. The van der Waals surface area contributed by atoms with Crippen LogP contribution in [0, 0.1) is 21.8 Å². The van der Waals surface area contributed by atoms with Gasteiger partial charge in [0.15, 0.2) is 5.78 Å². The maximum absolute atomic E-state index is 11.4. The molecule has 0 atom stereocenters. The lowest BCUT2D eigenvalue weighted by atomic mass is 10.00. The number of benzene rings is 1. The third-order valence-electron chi connectivity index (χ3n) is 1.82. The maximum atomic E-state index is 11.4. The molecule has 0 radical (unpaired) electrons. The van der Waals surface area contributed by atoms with Crippen LogP contribution in [0.5, 0.6) is 0 Å². The molecule has 2 nitrogen and oxygen atoms in total. The summed E-state index contributed by atoms with van der Waals surface area (Å²) in [7, 11) is 0. The van der Waals surface area contributed by atoms with Crippen molar-refractivity contribution >= 4 is 40.0 Å². The van der Waals surface area contributed by atoms with Crippen LogP contribution in [0.25, 0.3) is 0 Å². The largest absolute Gasteiger partial charge is 0.293 e. The average molecular weight is 320 g/mol. The van der Waals surface area contributed by atoms with Crippen LogP contribution in [0.3, 0.4) is 0 Å². The molecular weight excluding hydrogens is 312 g/mol. The van der Waals surface area contributed by atoms with Crippen molar-refractivity contribution in [2.24, 2.45) is 0 Å². The fourth-order valence-electron chi connectivity index (χ4n) is 1.27. The first-order valence-electron chi connectivity index (χ1n) is 3.89. The van der Waals surface area contributed by atoms with E-state index in [1.54, 1.807) is 6.07 Å². The monoisotopic (exact) mass is 319 g/mol. The number of alkyl halides is 1. The second kappa shape index (κ2) is 4.76. The van der Waals surface area contributed by atoms with Gasteiger partial charge >= 0.3 is 0 Å². The molecule has 1 aromatic rings. The molecule has 0 unspecified atom stereocenters. The van der Waals surface area contributed by atoms with Crippen LogP contribution in [0.2, 0.25) is 0 Å². The Morgan fingerprint density at radius 3 is 2.79 bits per heavy atom. The Morgan fingerprint density at radius 1 is 1.64 bits per heavy atom. The third-order valence-corrected chi connectivity index (χ3v) is 2.69. The van der Waals surface area contributed by atoms with E-state index in [4.69, 9.17) is 16.9 Å². The quantitative estimate of drug-likeness (QED) is 0.478. The standard InChI is InChI=1S/C10H7ClINO/c1-6-2-8(12)3-7(5-13)10(6)9(14)4-11/h2-3H,4H2,1H3. The molecule has 0 heterocycles. The van der Waals surface area contributed by atoms with E-state index in [0.29, 0.717) is 11.1 Å². The Bertz CT molecular complexity index is 423. The molecule has 0 fully saturated rings. The minimum atomic E-state index is -0.197. The zero-order chi connectivity index (χ0) is 10.7. The van der Waals surface area contributed by atoms with Crippen LogP contribution in [-0.4, -0.2) is 11.7 Å². The van der Waals surface area contributed by atoms with E-state index in [9.17, 15) is 4.79 Å². The van der Waals surface area contributed by atoms with E-state index in [1.165, 1.54) is 0 Å². The molecule has 0 amide bonds. The molecule has 0 aliphatic heterocycles. The number of ketones is 1. The second-order valence-corrected chi connectivity index (χ2v) is 4.33. The number of hydrogen-bond donors (Lipinski definition) is 0. The van der Waals surface area contributed by atoms with Crippen LogP contribution >= 0.6 is 34.2 Å². The van der Waals surface area contributed by atoms with Gasteiger partial charge in [0.25, 0.3) is 0 Å². The summed E-state index contributed by atoms with van der Waals surface area (Å²) in [5, 5.41) is 8.86. The summed E-state index contributed by atoms with van der Waals surface area (Å²) in [6.07, 6.45) is 0. The van der Waals surface area contributed by atoms with Gasteiger partial charge in [-0.25, -0.2) is 0 Å². The van der Waals surface area contributed by atoms with Crippen LogP contribution in [0.1, 0.15) is 21.5 Å². The highest BCUT2D eigenvalue weighted by molar-refractivity contribution is 14.1. The number of carbonyl (C=O) groups excluding carboxylic acids is 1. The summed E-state index contributed by atoms with van der Waals surface area (Å²) in [4.78, 5) is 11.4. The SMILES string of the molecule is Cc1cc(I)cc(C#N)c1C(=O)CCl. The highest BCUT2D eigenvalue weighted by Crippen LogP contribution is 2.19. The van der Waals surface area contributed by atoms with Gasteiger partial charge in [-0.2, -0.15) is 5.26 Å². The minimum Gasteiger partial charge on any atom is -0.293 e. The summed E-state index contributed by atoms with van der Waals surface area (Å²) >= 11 is 7.58. The lowest BCUT2D eigenvalue weighted by molar-refractivity contribution is 0.102. The summed E-state index contributed by atoms with van der Waals surface area (Å²) < 4.78 is 0.947. The highest BCUT2D eigenvalue weighted by Gasteiger charge is 2.13. The molecule has 72 valence electrons. The number of halogens is 2. The van der Waals surface area contributed by atoms with E-state index in [-0.39, 0.29) is 11.7 Å². The third kappa shape index (κ3) is 2.25. The first kappa shape index (κ1) is 11.5. The van der Waals surface area contributed by atoms with E-state index in [0.717, 1.165) is 9.13 Å². The molecule has 0 aliphatic carbocycles. The van der Waals surface area contributed by atoms with Gasteiger partial charge in [0, 0.05) is 9.13 Å². The normalized spacial score (nSPS) is 9.57. The van der Waals surface area contributed by atoms with Crippen LogP contribution < -0.4 is 0 Å². The molecule has 1 rings (SSSR count). The van der Waals surface area contributed by atoms with Gasteiger partial charge in [0.2, 0.25) is 0 Å². The number of carbonyl (C=O) groups is 1. The van der Waals surface area contributed by atoms with Crippen LogP contribution in [-0.2, 0) is 0 Å². The lowest BCUT2D eigenvalue weighted by Gasteiger charge is -2.05. The molecule has 0 saturated carbocycles. The van der Waals surface area contributed by atoms with Gasteiger partial charge in [-0.1, -0.05) is 0 Å². The second-order valence-electron chi connectivity index (χ2n) is 2.81. The van der Waals surface area contributed by atoms with Crippen molar-refractivity contribution in [2.45, 2.75) is 6.92 Å². The van der Waals surface area contributed by atoms with Gasteiger partial charge in [-0.3, -0.25) is 4.79 Å². The summed E-state index contributed by atoms with van der Waals surface area (Å²) in [5.41, 5.74) is 1.65. The first-order chi connectivity index (χ1) is 6.60. The lowest BCUT2D eigenvalue weighted by Crippen LogP contribution is -2.06. The van der Waals surface area contributed by atoms with Crippen molar-refractivity contribution < 1.29 is 4.79 Å². The number of aryl methyl sites for hydroxylation is 1. The predicted molar refractivity (Wildman–Crippen MR) is 63.7 cm³/mol. The Balaban J connectivity index is 3.42. The fourth-order valence-corrected chi connectivity index (χ4v) is 2.18. The van der Waals surface area contributed by atoms with Crippen molar-refractivity contribution in [3.8, 4) is 6.07 Å². The molecule has 0 saturated heterocycles. The van der Waals surface area contributed by atoms with Crippen molar-refractivity contribution in [3.63, 3.8) is 0 Å². The molecule has 0 aliphatic rings. The van der Waals surface area contributed by atoms with Crippen molar-refractivity contribution in [3.05, 3.63) is 32.4 Å². The van der Waals surface area contributed by atoms with Crippen molar-refractivity contribution in [1.82, 2.24) is 0 Å². The molecule has 0 spiro atoms. The molecule has 0 N–H and O–H groups in total. The summed E-state index contributed by atoms with van der Waals surface area (Å²) in [6, 6.07) is 5.56. The minimum absolute atomic E-state index is 0.0872. The van der Waals surface area contributed by atoms with E-state index >= 15 is 0 Å². The molecule has 0 bridgehead atoms. The maximum Gasteiger partial charge on any atom is 0.179 e. The number of nitrogens with zero attached hydrogens (tertiary/aromatic N) is 1. The molecule has 14 heavy (non-hydrogen) atoms. The Kier molecular flexibility index (Phi) is 3.90. The Hall–Kier alpha value is -0.600. The fraction of sp³-hybridized carbons (Fsp3) is 0.200. The van der Waals surface area contributed by atoms with Crippen LogP contribution in [0.4, 0.5) is 0 Å². The molecule has 1 aromatic carbocycles. The topological polar surface area (TPSA) is 40.9 Å². The number of nitriles is 1. The summed E-state index contributed by atoms with van der Waals surface area (Å²) in [5.74, 6) is -0.284. The predicted octanol–water partition coefficient (Wildman–Crippen LogP) is 2.89. The van der Waals surface area contributed by atoms with Crippen molar-refractivity contribution in [2.75, 3.05) is 5.88 Å². The van der Waals surface area contributed by atoms with Crippen LogP contribution in [0.15, 0.2) is 12.1 Å². The van der Waals surface area contributed by atoms with Gasteiger partial charge in [-0.05, 0) is 47.2 Å². The van der Waals surface area contributed by atoms with E-state index in [1.807, 2.05) is 19.1 Å². The smallest absolute Gasteiger partial charge is 0.179 e. The molecule has 0 aromatic heterocycles. The number of hydrogen-bond acceptors (Lipinski definition) is 2. The van der Waals surface area contributed by atoms with Gasteiger partial charge in [0.1, 0.15) is 0 Å². The van der Waals surface area contributed by atoms with E-state index in [2.05, 4.69) is 22.6 Å². The number of Topliss-reactive ketones (excluding diaryl/α,β-unsaturated/α-hetero) is 1. The first-order valence-corrected chi connectivity index (χ1v) is 5.51.